The first-order chi connectivity index (χ1) is 12.0. The van der Waals surface area contributed by atoms with Crippen LogP contribution < -0.4 is 0 Å². The van der Waals surface area contributed by atoms with Crippen molar-refractivity contribution in [2.24, 2.45) is 0 Å². The van der Waals surface area contributed by atoms with Crippen LogP contribution in [0.2, 0.25) is 0 Å². The summed E-state index contributed by atoms with van der Waals surface area (Å²) < 4.78 is 28.2. The van der Waals surface area contributed by atoms with Crippen molar-refractivity contribution in [1.29, 1.82) is 0 Å². The Balaban J connectivity index is 1.83. The van der Waals surface area contributed by atoms with Gasteiger partial charge in [0.1, 0.15) is 6.33 Å². The quantitative estimate of drug-likeness (QED) is 0.506. The summed E-state index contributed by atoms with van der Waals surface area (Å²) >= 11 is 1.22. The van der Waals surface area contributed by atoms with Crippen molar-refractivity contribution in [2.45, 2.75) is 24.3 Å². The second-order valence-electron chi connectivity index (χ2n) is 5.52. The number of rotatable bonds is 5. The molecule has 0 amide bonds. The predicted octanol–water partition coefficient (Wildman–Crippen LogP) is 4.22. The lowest BCUT2D eigenvalue weighted by atomic mass is 10.1. The number of carbonyl (C=O) groups is 1. The second-order valence-corrected chi connectivity index (χ2v) is 6.83. The van der Waals surface area contributed by atoms with Gasteiger partial charge in [0.05, 0.1) is 10.9 Å². The summed E-state index contributed by atoms with van der Waals surface area (Å²) in [5, 5.41) is 8.02. The van der Waals surface area contributed by atoms with Gasteiger partial charge in [0.15, 0.2) is 22.6 Å². The Labute approximate surface area is 147 Å². The molecule has 2 aromatic carbocycles. The summed E-state index contributed by atoms with van der Waals surface area (Å²) in [4.78, 5) is 12.5. The van der Waals surface area contributed by atoms with Crippen molar-refractivity contribution < 1.29 is 13.6 Å². The lowest BCUT2D eigenvalue weighted by Gasteiger charge is -2.12. The number of thioether (sulfide) groups is 1. The number of hydrogen-bond acceptors (Lipinski definition) is 4. The molecular formula is C18H15F2N3OS. The zero-order valence-electron chi connectivity index (χ0n) is 13.6. The molecule has 0 aliphatic carbocycles. The van der Waals surface area contributed by atoms with E-state index < -0.39 is 16.9 Å². The summed E-state index contributed by atoms with van der Waals surface area (Å²) in [6, 6.07) is 10.9. The Kier molecular flexibility index (Phi) is 4.94. The average molecular weight is 359 g/mol. The highest BCUT2D eigenvalue weighted by Crippen LogP contribution is 2.27. The number of ketones is 1. The summed E-state index contributed by atoms with van der Waals surface area (Å²) in [7, 11) is 0. The Morgan fingerprint density at radius 1 is 1.16 bits per heavy atom. The predicted molar refractivity (Wildman–Crippen MR) is 92.1 cm³/mol. The number of carbonyl (C=O) groups excluding carboxylic acids is 1. The number of benzene rings is 2. The minimum atomic E-state index is -1.04. The molecule has 1 atom stereocenters. The fourth-order valence-corrected chi connectivity index (χ4v) is 3.31. The Morgan fingerprint density at radius 3 is 2.64 bits per heavy atom. The van der Waals surface area contributed by atoms with Crippen LogP contribution in [0.3, 0.4) is 0 Å². The number of para-hydroxylation sites is 1. The molecule has 3 aromatic rings. The number of halogens is 2. The highest BCUT2D eigenvalue weighted by Gasteiger charge is 2.21. The molecule has 0 N–H and O–H groups in total. The van der Waals surface area contributed by atoms with E-state index in [1.165, 1.54) is 17.8 Å². The van der Waals surface area contributed by atoms with Gasteiger partial charge in [-0.05, 0) is 43.7 Å². The van der Waals surface area contributed by atoms with Crippen LogP contribution in [0.25, 0.3) is 5.69 Å². The van der Waals surface area contributed by atoms with Crippen molar-refractivity contribution in [3.05, 3.63) is 71.6 Å². The van der Waals surface area contributed by atoms with Crippen LogP contribution in [0.1, 0.15) is 22.8 Å². The maximum absolute atomic E-state index is 13.3. The first-order valence-corrected chi connectivity index (χ1v) is 8.47. The van der Waals surface area contributed by atoms with Crippen LogP contribution >= 0.6 is 11.8 Å². The number of aryl methyl sites for hydroxylation is 1. The van der Waals surface area contributed by atoms with Gasteiger partial charge in [-0.1, -0.05) is 30.0 Å². The normalized spacial score (nSPS) is 12.2. The van der Waals surface area contributed by atoms with Gasteiger partial charge in [-0.3, -0.25) is 9.36 Å². The van der Waals surface area contributed by atoms with E-state index in [0.29, 0.717) is 5.16 Å². The molecule has 0 radical (unpaired) electrons. The molecular weight excluding hydrogens is 344 g/mol. The third-order valence-electron chi connectivity index (χ3n) is 3.75. The average Bonchev–Trinajstić information content (AvgIpc) is 3.05. The van der Waals surface area contributed by atoms with Crippen LogP contribution in [0.5, 0.6) is 0 Å². The van der Waals surface area contributed by atoms with Crippen LogP contribution in [0.15, 0.2) is 53.9 Å². The first-order valence-electron chi connectivity index (χ1n) is 7.59. The Bertz CT molecular complexity index is 926. The summed E-state index contributed by atoms with van der Waals surface area (Å²) in [6.45, 7) is 3.67. The van der Waals surface area contributed by atoms with Gasteiger partial charge in [-0.2, -0.15) is 0 Å². The van der Waals surface area contributed by atoms with E-state index in [9.17, 15) is 13.6 Å². The van der Waals surface area contributed by atoms with Gasteiger partial charge in [0.2, 0.25) is 0 Å². The molecule has 0 unspecified atom stereocenters. The molecule has 0 spiro atoms. The van der Waals surface area contributed by atoms with Gasteiger partial charge >= 0.3 is 0 Å². The van der Waals surface area contributed by atoms with E-state index in [0.717, 1.165) is 23.4 Å². The fourth-order valence-electron chi connectivity index (χ4n) is 2.40. The molecule has 25 heavy (non-hydrogen) atoms. The SMILES string of the molecule is Cc1ccccc1-n1cnnc1S[C@H](C)C(=O)c1ccc(F)c(F)c1. The number of aromatic nitrogens is 3. The molecule has 3 rings (SSSR count). The molecule has 7 heteroatoms. The van der Waals surface area contributed by atoms with Crippen molar-refractivity contribution in [1.82, 2.24) is 14.8 Å². The molecule has 1 heterocycles. The maximum Gasteiger partial charge on any atom is 0.196 e. The molecule has 0 saturated carbocycles. The van der Waals surface area contributed by atoms with Gasteiger partial charge in [-0.25, -0.2) is 8.78 Å². The number of hydrogen-bond donors (Lipinski definition) is 0. The molecule has 4 nitrogen and oxygen atoms in total. The summed E-state index contributed by atoms with van der Waals surface area (Å²) in [5.41, 5.74) is 2.09. The van der Waals surface area contributed by atoms with Crippen molar-refractivity contribution in [2.75, 3.05) is 0 Å². The summed E-state index contributed by atoms with van der Waals surface area (Å²) in [5.74, 6) is -2.31. The van der Waals surface area contributed by atoms with Crippen molar-refractivity contribution in [3.8, 4) is 5.69 Å². The molecule has 0 bridgehead atoms. The van der Waals surface area contributed by atoms with Crippen molar-refractivity contribution in [3.63, 3.8) is 0 Å². The lowest BCUT2D eigenvalue weighted by molar-refractivity contribution is 0.0993. The van der Waals surface area contributed by atoms with Gasteiger partial charge in [-0.15, -0.1) is 10.2 Å². The first kappa shape index (κ1) is 17.3. The lowest BCUT2D eigenvalue weighted by Crippen LogP contribution is -2.15. The number of nitrogens with zero attached hydrogens (tertiary/aromatic N) is 3. The highest BCUT2D eigenvalue weighted by molar-refractivity contribution is 8.00. The van der Waals surface area contributed by atoms with Crippen LogP contribution in [-0.2, 0) is 0 Å². The van der Waals surface area contributed by atoms with E-state index in [1.807, 2.05) is 31.2 Å². The smallest absolute Gasteiger partial charge is 0.196 e. The molecule has 128 valence electrons. The molecule has 0 saturated heterocycles. The largest absolute Gasteiger partial charge is 0.293 e. The van der Waals surface area contributed by atoms with E-state index in [4.69, 9.17) is 0 Å². The minimum Gasteiger partial charge on any atom is -0.293 e. The number of Topliss-reactive ketones (excluding diaryl/α,β-unsaturated/α-hetero) is 1. The van der Waals surface area contributed by atoms with Gasteiger partial charge in [0.25, 0.3) is 0 Å². The monoisotopic (exact) mass is 359 g/mol. The fraction of sp³-hybridized carbons (Fsp3) is 0.167. The zero-order chi connectivity index (χ0) is 18.0. The van der Waals surface area contributed by atoms with E-state index in [1.54, 1.807) is 17.8 Å². The van der Waals surface area contributed by atoms with Crippen molar-refractivity contribution >= 4 is 17.5 Å². The highest BCUT2D eigenvalue weighted by atomic mass is 32.2. The topological polar surface area (TPSA) is 47.8 Å². The molecule has 0 fully saturated rings. The van der Waals surface area contributed by atoms with Crippen LogP contribution in [-0.4, -0.2) is 25.8 Å². The third kappa shape index (κ3) is 3.61. The van der Waals surface area contributed by atoms with E-state index in [-0.39, 0.29) is 11.3 Å². The standard InChI is InChI=1S/C18H15F2N3OS/c1-11-5-3-4-6-16(11)23-10-21-22-18(23)25-12(2)17(24)13-7-8-14(19)15(20)9-13/h3-10,12H,1-2H3/t12-/m1/s1. The Hall–Kier alpha value is -2.54. The molecule has 1 aromatic heterocycles. The van der Waals surface area contributed by atoms with Gasteiger partial charge in [0, 0.05) is 5.56 Å². The molecule has 0 aliphatic heterocycles. The van der Waals surface area contributed by atoms with E-state index >= 15 is 0 Å². The minimum absolute atomic E-state index is 0.126. The molecule has 0 aliphatic rings. The van der Waals surface area contributed by atoms with Crippen LogP contribution in [0, 0.1) is 18.6 Å². The summed E-state index contributed by atoms with van der Waals surface area (Å²) in [6.07, 6.45) is 1.58. The second kappa shape index (κ2) is 7.14. The Morgan fingerprint density at radius 2 is 1.92 bits per heavy atom. The van der Waals surface area contributed by atoms with Gasteiger partial charge < -0.3 is 0 Å². The maximum atomic E-state index is 13.3. The third-order valence-corrected chi connectivity index (χ3v) is 4.80. The van der Waals surface area contributed by atoms with Crippen LogP contribution in [0.4, 0.5) is 8.78 Å². The zero-order valence-corrected chi connectivity index (χ0v) is 14.4. The van der Waals surface area contributed by atoms with E-state index in [2.05, 4.69) is 10.2 Å².